The molecule has 1 aromatic carbocycles. The minimum Gasteiger partial charge on any atom is -0.546 e. The molecule has 2 atom stereocenters. The highest BCUT2D eigenvalue weighted by Gasteiger charge is 2.31. The van der Waals surface area contributed by atoms with E-state index in [0.29, 0.717) is 5.56 Å². The molecule has 1 N–H and O–H groups in total. The van der Waals surface area contributed by atoms with Gasteiger partial charge in [-0.05, 0) is 5.56 Å². The van der Waals surface area contributed by atoms with Gasteiger partial charge in [0.05, 0.1) is 5.97 Å². The molecule has 1 rings (SSSR count). The topological polar surface area (TPSA) is 117 Å². The number of benzene rings is 1. The van der Waals surface area contributed by atoms with Gasteiger partial charge >= 0.3 is 5.97 Å². The van der Waals surface area contributed by atoms with Crippen LogP contribution >= 0.6 is 0 Å². The summed E-state index contributed by atoms with van der Waals surface area (Å²) in [7, 11) is 0. The van der Waals surface area contributed by atoms with Crippen molar-refractivity contribution in [3.05, 3.63) is 35.9 Å². The van der Waals surface area contributed by atoms with Crippen LogP contribution in [-0.4, -0.2) is 18.0 Å². The van der Waals surface area contributed by atoms with Crippen molar-refractivity contribution in [3.8, 4) is 0 Å². The number of carbonyl (C=O) groups is 2. The minimum atomic E-state index is -1.61. The highest BCUT2D eigenvalue weighted by atomic mass is 16.6. The lowest BCUT2D eigenvalue weighted by Crippen LogP contribution is -2.42. The molecule has 7 nitrogen and oxygen atoms in total. The van der Waals surface area contributed by atoms with Gasteiger partial charge in [0.15, 0.2) is 6.10 Å². The van der Waals surface area contributed by atoms with E-state index in [9.17, 15) is 14.7 Å². The van der Waals surface area contributed by atoms with Crippen LogP contribution in [0.5, 0.6) is 0 Å². The number of rotatable bonds is 5. The number of carboxylic acids is 1. The number of hydrogen-bond donors (Lipinski definition) is 1. The van der Waals surface area contributed by atoms with Crippen LogP contribution in [0.2, 0.25) is 0 Å². The second kappa shape index (κ2) is 6.27. The molecule has 0 spiro atoms. The van der Waals surface area contributed by atoms with Crippen molar-refractivity contribution in [2.24, 2.45) is 5.11 Å². The zero-order valence-corrected chi connectivity index (χ0v) is 9.57. The average Bonchev–Trinajstić information content (AvgIpc) is 2.34. The molecule has 0 fully saturated rings. The Morgan fingerprint density at radius 3 is 2.44 bits per heavy atom. The fraction of sp³-hybridized carbons (Fsp3) is 0.273. The number of carboxylic acid groups (broad SMARTS) is 1. The van der Waals surface area contributed by atoms with Crippen LogP contribution in [0.15, 0.2) is 35.4 Å². The van der Waals surface area contributed by atoms with E-state index in [2.05, 4.69) is 14.8 Å². The summed E-state index contributed by atoms with van der Waals surface area (Å²) in [5.74, 6) is -2.36. The first-order valence-corrected chi connectivity index (χ1v) is 5.06. The van der Waals surface area contributed by atoms with Crippen molar-refractivity contribution in [1.82, 2.24) is 4.91 Å². The number of esters is 1. The predicted molar refractivity (Wildman–Crippen MR) is 57.0 cm³/mol. The van der Waals surface area contributed by atoms with Crippen LogP contribution in [0, 0.1) is 5.53 Å². The lowest BCUT2D eigenvalue weighted by Gasteiger charge is -2.20. The molecule has 1 aromatic rings. The Kier molecular flexibility index (Phi) is 4.71. The Balaban J connectivity index is 3.12. The van der Waals surface area contributed by atoms with E-state index < -0.39 is 24.1 Å². The monoisotopic (exact) mass is 249 g/mol. The first kappa shape index (κ1) is 13.5. The molecule has 18 heavy (non-hydrogen) atoms. The van der Waals surface area contributed by atoms with Crippen LogP contribution in [0.25, 0.3) is 0 Å². The largest absolute Gasteiger partial charge is 0.546 e. The van der Waals surface area contributed by atoms with Crippen molar-refractivity contribution in [2.75, 3.05) is 0 Å². The van der Waals surface area contributed by atoms with Crippen LogP contribution < -0.4 is 10.0 Å². The smallest absolute Gasteiger partial charge is 0.303 e. The van der Waals surface area contributed by atoms with E-state index in [-0.39, 0.29) is 0 Å². The molecule has 0 amide bonds. The molecule has 94 valence electrons. The van der Waals surface area contributed by atoms with Crippen LogP contribution in [0.1, 0.15) is 18.5 Å². The Morgan fingerprint density at radius 2 is 2.00 bits per heavy atom. The zero-order valence-electron chi connectivity index (χ0n) is 9.57. The molecule has 7 heteroatoms. The van der Waals surface area contributed by atoms with Gasteiger partial charge in [0, 0.05) is 6.92 Å². The number of aliphatic carboxylic acids is 1. The number of hydrogen-bond acceptors (Lipinski definition) is 6. The van der Waals surface area contributed by atoms with Crippen molar-refractivity contribution in [1.29, 1.82) is 5.53 Å². The maximum Gasteiger partial charge on any atom is 0.303 e. The third-order valence-corrected chi connectivity index (χ3v) is 2.14. The van der Waals surface area contributed by atoms with Crippen LogP contribution in [-0.2, 0) is 14.3 Å². The van der Waals surface area contributed by atoms with Gasteiger partial charge < -0.3 is 14.6 Å². The van der Waals surface area contributed by atoms with Gasteiger partial charge in [0.2, 0.25) is 11.0 Å². The fourth-order valence-corrected chi connectivity index (χ4v) is 1.43. The summed E-state index contributed by atoms with van der Waals surface area (Å²) in [4.78, 5) is 24.7. The van der Waals surface area contributed by atoms with Gasteiger partial charge in [-0.2, -0.15) is 0 Å². The normalized spacial score (nSPS) is 12.9. The highest BCUT2D eigenvalue weighted by Crippen LogP contribution is 2.22. The summed E-state index contributed by atoms with van der Waals surface area (Å²) in [6, 6.07) is 7.16. The number of ether oxygens (including phenoxy) is 1. The Bertz CT molecular complexity index is 482. The van der Waals surface area contributed by atoms with Gasteiger partial charge in [-0.15, -0.1) is 0 Å². The molecule has 0 saturated heterocycles. The Hall–Kier alpha value is -2.53. The van der Waals surface area contributed by atoms with Gasteiger partial charge in [0.1, 0.15) is 10.6 Å². The summed E-state index contributed by atoms with van der Waals surface area (Å²) in [5, 5.41) is 14.4. The van der Waals surface area contributed by atoms with Gasteiger partial charge in [0.25, 0.3) is 0 Å². The molecular weight excluding hydrogens is 238 g/mol. The highest BCUT2D eigenvalue weighted by molar-refractivity contribution is 5.76. The molecule has 0 bridgehead atoms. The van der Waals surface area contributed by atoms with E-state index >= 15 is 0 Å². The zero-order chi connectivity index (χ0) is 13.5. The molecule has 0 heterocycles. The van der Waals surface area contributed by atoms with Crippen LogP contribution in [0.3, 0.4) is 0 Å². The second-order valence-electron chi connectivity index (χ2n) is 3.42. The minimum absolute atomic E-state index is 0.462. The number of carbonyl (C=O) groups excluding carboxylic acids is 2. The Morgan fingerprint density at radius 1 is 1.39 bits per heavy atom. The molecular formula is C11H11N3O4. The van der Waals surface area contributed by atoms with Crippen molar-refractivity contribution in [2.45, 2.75) is 19.1 Å². The predicted octanol–water partition coefficient (Wildman–Crippen LogP) is -0.0403. The molecule has 0 aliphatic rings. The summed E-state index contributed by atoms with van der Waals surface area (Å²) < 4.78 is 4.64. The molecule has 0 aliphatic carbocycles. The maximum absolute atomic E-state index is 11.0. The quantitative estimate of drug-likeness (QED) is 0.447. The second-order valence-corrected chi connectivity index (χ2v) is 3.42. The van der Waals surface area contributed by atoms with E-state index in [4.69, 9.17) is 5.53 Å². The van der Waals surface area contributed by atoms with E-state index in [1.54, 1.807) is 30.3 Å². The summed E-state index contributed by atoms with van der Waals surface area (Å²) >= 11 is 0. The van der Waals surface area contributed by atoms with Gasteiger partial charge in [-0.3, -0.25) is 4.79 Å². The van der Waals surface area contributed by atoms with E-state index in [1.807, 2.05) is 0 Å². The molecule has 0 aliphatic heterocycles. The van der Waals surface area contributed by atoms with Crippen LogP contribution in [0.4, 0.5) is 0 Å². The van der Waals surface area contributed by atoms with Crippen molar-refractivity contribution >= 4 is 11.9 Å². The third-order valence-electron chi connectivity index (χ3n) is 2.14. The SMILES string of the molecule is CC(=O)OC(C(=O)[O-])C(N=[N+]=N)c1ccccc1. The first-order chi connectivity index (χ1) is 8.56. The molecule has 0 saturated carbocycles. The summed E-state index contributed by atoms with van der Waals surface area (Å²) in [6.45, 7) is 1.08. The average molecular weight is 249 g/mol. The number of nitrogens with zero attached hydrogens (tertiary/aromatic N) is 2. The third kappa shape index (κ3) is 3.50. The Labute approximate surface area is 103 Å². The lowest BCUT2D eigenvalue weighted by molar-refractivity contribution is -0.316. The van der Waals surface area contributed by atoms with Gasteiger partial charge in [-0.1, -0.05) is 30.3 Å². The first-order valence-electron chi connectivity index (χ1n) is 5.06. The molecule has 2 unspecified atom stereocenters. The van der Waals surface area contributed by atoms with Crippen molar-refractivity contribution < 1.29 is 19.4 Å². The molecule has 0 radical (unpaired) electrons. The number of nitrogens with one attached hydrogen (secondary N) is 1. The fourth-order valence-electron chi connectivity index (χ4n) is 1.43. The van der Waals surface area contributed by atoms with E-state index in [1.165, 1.54) is 0 Å². The van der Waals surface area contributed by atoms with E-state index in [0.717, 1.165) is 6.92 Å². The maximum atomic E-state index is 11.0. The standard InChI is InChI=1S/C11H11N3O4/c1-7(15)18-10(11(16)17)9(13-14-12)8-5-3-2-4-6-8/h2-6,9-10,12H,1H3. The molecule has 0 aromatic heterocycles. The summed E-state index contributed by atoms with van der Waals surface area (Å²) in [5.41, 5.74) is 7.17. The van der Waals surface area contributed by atoms with Crippen molar-refractivity contribution in [3.63, 3.8) is 0 Å². The lowest BCUT2D eigenvalue weighted by atomic mass is 10.0. The summed E-state index contributed by atoms with van der Waals surface area (Å²) in [6.07, 6.45) is -1.61. The van der Waals surface area contributed by atoms with Gasteiger partial charge in [-0.25, -0.2) is 0 Å².